The Morgan fingerprint density at radius 2 is 2.05 bits per heavy atom. The summed E-state index contributed by atoms with van der Waals surface area (Å²) in [4.78, 5) is 34.7. The van der Waals surface area contributed by atoms with Gasteiger partial charge in [0.05, 0.1) is 11.0 Å². The molecule has 5 heterocycles. The van der Waals surface area contributed by atoms with Crippen LogP contribution in [0.25, 0.3) is 17.0 Å². The molecule has 1 amide bonds. The number of pyridine rings is 1. The van der Waals surface area contributed by atoms with E-state index in [1.54, 1.807) is 4.90 Å². The Morgan fingerprint density at radius 3 is 2.77 bits per heavy atom. The van der Waals surface area contributed by atoms with Gasteiger partial charge in [0, 0.05) is 74.0 Å². The number of thiophene rings is 1. The predicted octanol–water partition coefficient (Wildman–Crippen LogP) is 2.38. The van der Waals surface area contributed by atoms with Crippen LogP contribution < -0.4 is 15.5 Å². The van der Waals surface area contributed by atoms with Crippen molar-refractivity contribution in [3.05, 3.63) is 39.6 Å². The lowest BCUT2D eigenvalue weighted by Crippen LogP contribution is -2.51. The van der Waals surface area contributed by atoms with Crippen molar-refractivity contribution in [3.8, 4) is 17.6 Å². The first-order chi connectivity index (χ1) is 20.7. The van der Waals surface area contributed by atoms with Crippen molar-refractivity contribution < 1.29 is 14.1 Å². The molecule has 13 nitrogen and oxygen atoms in total. The number of amides is 1. The SMILES string of the molecule is CC1CN(C)CCN1c1cc(N2CCN(C(=O)C=[N+]=[N-])CC2)cc(-c2noc(C3(C)CCCc4sc(N)c(C#N)c43)n2)n1. The van der Waals surface area contributed by atoms with Crippen LogP contribution in [0.4, 0.5) is 16.5 Å². The van der Waals surface area contributed by atoms with Crippen LogP contribution in [0.2, 0.25) is 0 Å². The summed E-state index contributed by atoms with van der Waals surface area (Å²) in [6.07, 6.45) is 3.52. The van der Waals surface area contributed by atoms with Crippen molar-refractivity contribution in [2.45, 2.75) is 44.6 Å². The van der Waals surface area contributed by atoms with Gasteiger partial charge in [0.25, 0.3) is 0 Å². The summed E-state index contributed by atoms with van der Waals surface area (Å²) in [6, 6.07) is 6.64. The second-order valence-corrected chi connectivity index (χ2v) is 12.9. The first kappa shape index (κ1) is 28.8. The van der Waals surface area contributed by atoms with Crippen LogP contribution in [-0.4, -0.2) is 101 Å². The van der Waals surface area contributed by atoms with Gasteiger partial charge in [-0.3, -0.25) is 4.79 Å². The summed E-state index contributed by atoms with van der Waals surface area (Å²) in [5.41, 5.74) is 17.4. The number of hydrogen-bond donors (Lipinski definition) is 1. The van der Waals surface area contributed by atoms with Gasteiger partial charge in [-0.25, -0.2) is 4.98 Å². The Hall–Kier alpha value is -4.31. The van der Waals surface area contributed by atoms with E-state index in [-0.39, 0.29) is 11.9 Å². The highest BCUT2D eigenvalue weighted by Crippen LogP contribution is 2.48. The molecule has 6 rings (SSSR count). The number of fused-ring (bicyclic) bond motifs is 1. The number of aryl methyl sites for hydroxylation is 1. The van der Waals surface area contributed by atoms with Gasteiger partial charge in [0.15, 0.2) is 0 Å². The number of nitriles is 1. The molecule has 3 aromatic rings. The predicted molar refractivity (Wildman–Crippen MR) is 163 cm³/mol. The zero-order valence-corrected chi connectivity index (χ0v) is 25.5. The zero-order valence-electron chi connectivity index (χ0n) is 24.7. The minimum absolute atomic E-state index is 0.260. The number of likely N-dealkylation sites (N-methyl/N-ethyl adjacent to an activating group) is 1. The minimum atomic E-state index is -0.620. The second kappa shape index (κ2) is 11.4. The van der Waals surface area contributed by atoms with Gasteiger partial charge in [0.2, 0.25) is 11.7 Å². The van der Waals surface area contributed by atoms with E-state index >= 15 is 0 Å². The number of anilines is 3. The van der Waals surface area contributed by atoms with Crippen molar-refractivity contribution in [2.75, 3.05) is 68.4 Å². The number of rotatable bonds is 5. The molecular formula is C29H35N11O2S. The summed E-state index contributed by atoms with van der Waals surface area (Å²) in [5.74, 6) is 1.38. The summed E-state index contributed by atoms with van der Waals surface area (Å²) < 4.78 is 5.94. The van der Waals surface area contributed by atoms with Gasteiger partial charge < -0.3 is 35.4 Å². The molecule has 3 aliphatic rings. The van der Waals surface area contributed by atoms with Crippen LogP contribution in [0, 0.1) is 11.3 Å². The smallest absolute Gasteiger partial charge is 0.344 e. The monoisotopic (exact) mass is 601 g/mol. The van der Waals surface area contributed by atoms with E-state index in [4.69, 9.17) is 25.8 Å². The van der Waals surface area contributed by atoms with Crippen molar-refractivity contribution in [1.82, 2.24) is 24.9 Å². The first-order valence-corrected chi connectivity index (χ1v) is 15.4. The van der Waals surface area contributed by atoms with Gasteiger partial charge in [-0.2, -0.15) is 15.0 Å². The molecule has 2 fully saturated rings. The van der Waals surface area contributed by atoms with Crippen LogP contribution in [0.3, 0.4) is 0 Å². The molecular weight excluding hydrogens is 566 g/mol. The minimum Gasteiger partial charge on any atom is -0.389 e. The van der Waals surface area contributed by atoms with Gasteiger partial charge in [0.1, 0.15) is 22.6 Å². The molecule has 0 bridgehead atoms. The number of hydrogen-bond acceptors (Lipinski definition) is 11. The van der Waals surface area contributed by atoms with Crippen molar-refractivity contribution >= 4 is 40.0 Å². The molecule has 3 aromatic heterocycles. The summed E-state index contributed by atoms with van der Waals surface area (Å²) >= 11 is 1.48. The van der Waals surface area contributed by atoms with E-state index in [2.05, 4.69) is 57.7 Å². The highest BCUT2D eigenvalue weighted by molar-refractivity contribution is 7.16. The van der Waals surface area contributed by atoms with E-state index in [1.807, 2.05) is 6.07 Å². The Labute approximate surface area is 254 Å². The molecule has 224 valence electrons. The lowest BCUT2D eigenvalue weighted by molar-refractivity contribution is -0.127. The summed E-state index contributed by atoms with van der Waals surface area (Å²) in [7, 11) is 2.13. The molecule has 2 unspecified atom stereocenters. The maximum atomic E-state index is 12.2. The molecule has 2 atom stereocenters. The molecule has 0 saturated carbocycles. The van der Waals surface area contributed by atoms with Crippen LogP contribution >= 0.6 is 11.3 Å². The quantitative estimate of drug-likeness (QED) is 0.260. The topological polar surface area (TPSA) is 168 Å². The molecule has 0 radical (unpaired) electrons. The fourth-order valence-electron chi connectivity index (χ4n) is 6.60. The van der Waals surface area contributed by atoms with E-state index in [0.717, 1.165) is 67.1 Å². The highest BCUT2D eigenvalue weighted by Gasteiger charge is 2.43. The molecule has 2 saturated heterocycles. The number of piperazine rings is 2. The Bertz CT molecular complexity index is 1630. The molecule has 14 heteroatoms. The molecule has 2 N–H and O–H groups in total. The van der Waals surface area contributed by atoms with E-state index in [1.165, 1.54) is 11.3 Å². The maximum Gasteiger partial charge on any atom is 0.344 e. The van der Waals surface area contributed by atoms with Crippen molar-refractivity contribution in [3.63, 3.8) is 0 Å². The number of nitrogen functional groups attached to an aromatic ring is 1. The molecule has 0 aromatic carbocycles. The largest absolute Gasteiger partial charge is 0.389 e. The lowest BCUT2D eigenvalue weighted by atomic mass is 9.72. The zero-order chi connectivity index (χ0) is 30.3. The molecule has 43 heavy (non-hydrogen) atoms. The summed E-state index contributed by atoms with van der Waals surface area (Å²) in [6.45, 7) is 9.17. The number of aromatic nitrogens is 3. The summed E-state index contributed by atoms with van der Waals surface area (Å²) in [5, 5.41) is 14.8. The fourth-order valence-corrected chi connectivity index (χ4v) is 7.79. The third kappa shape index (κ3) is 5.24. The van der Waals surface area contributed by atoms with Crippen molar-refractivity contribution in [1.29, 1.82) is 5.26 Å². The average Bonchev–Trinajstić information content (AvgIpc) is 3.63. The standard InChI is InChI=1S/C29H35N11O2S/c1-18-17-37(3)7-12-40(18)23-14-19(38-8-10-39(11-9-38)24(41)16-33-32)13-21(34-23)27-35-28(42-36-27)29(2)6-4-5-22-25(29)20(15-30)26(31)43-22/h13-14,16,18H,4-12,17,31H2,1-3H3. The number of nitrogens with zero attached hydrogens (tertiary/aromatic N) is 10. The Balaban J connectivity index is 1.36. The lowest BCUT2D eigenvalue weighted by Gasteiger charge is -2.40. The molecule has 0 spiro atoms. The van der Waals surface area contributed by atoms with Gasteiger partial charge in [-0.1, -0.05) is 5.16 Å². The maximum absolute atomic E-state index is 12.2. The Morgan fingerprint density at radius 1 is 1.26 bits per heavy atom. The number of carbonyl (C=O) groups is 1. The first-order valence-electron chi connectivity index (χ1n) is 14.6. The van der Waals surface area contributed by atoms with Crippen molar-refractivity contribution in [2.24, 2.45) is 0 Å². The fraction of sp³-hybridized carbons (Fsp3) is 0.517. The van der Waals surface area contributed by atoms with Gasteiger partial charge in [-0.15, -0.1) is 11.3 Å². The van der Waals surface area contributed by atoms with Crippen LogP contribution in [0.15, 0.2) is 16.7 Å². The van der Waals surface area contributed by atoms with E-state index in [0.29, 0.717) is 54.2 Å². The third-order valence-electron chi connectivity index (χ3n) is 8.93. The molecule has 2 aliphatic heterocycles. The van der Waals surface area contributed by atoms with Crippen LogP contribution in [0.1, 0.15) is 48.6 Å². The Kier molecular flexibility index (Phi) is 7.64. The molecule has 1 aliphatic carbocycles. The number of nitrogens with two attached hydrogens (primary N) is 1. The average molecular weight is 602 g/mol. The normalized spacial score (nSPS) is 22.6. The van der Waals surface area contributed by atoms with Crippen LogP contribution in [0.5, 0.6) is 0 Å². The third-order valence-corrected chi connectivity index (χ3v) is 10.0. The van der Waals surface area contributed by atoms with E-state index < -0.39 is 5.41 Å². The van der Waals surface area contributed by atoms with Gasteiger partial charge >= 0.3 is 12.1 Å². The number of carbonyl (C=O) groups excluding carboxylic acids is 1. The van der Waals surface area contributed by atoms with Crippen LogP contribution in [-0.2, 0) is 16.6 Å². The highest BCUT2D eigenvalue weighted by atomic mass is 32.1. The second-order valence-electron chi connectivity index (χ2n) is 11.8. The van der Waals surface area contributed by atoms with Gasteiger partial charge in [-0.05, 0) is 46.2 Å². The van der Waals surface area contributed by atoms with E-state index in [9.17, 15) is 10.1 Å².